The number of thiocarbonyl (C=S) groups is 1. The van der Waals surface area contributed by atoms with Crippen molar-refractivity contribution in [3.05, 3.63) is 30.3 Å². The number of carbonyl (C=O) groups excluding carboxylic acids is 1. The molecule has 2 aromatic rings. The Bertz CT molecular complexity index is 989. The van der Waals surface area contributed by atoms with Gasteiger partial charge in [-0.2, -0.15) is 0 Å². The average Bonchev–Trinajstić information content (AvgIpc) is 2.89. The molecule has 0 bridgehead atoms. The predicted molar refractivity (Wildman–Crippen MR) is 150 cm³/mol. The molecular weight excluding hydrogens is 458 g/mol. The number of hydrogen-bond donors (Lipinski definition) is 3. The maximum atomic E-state index is 12.7. The second-order valence-electron chi connectivity index (χ2n) is 9.21. The molecule has 35 heavy (non-hydrogen) atoms. The molecule has 0 aliphatic carbocycles. The summed E-state index contributed by atoms with van der Waals surface area (Å²) in [7, 11) is 0. The van der Waals surface area contributed by atoms with Crippen LogP contribution >= 0.6 is 12.2 Å². The minimum absolute atomic E-state index is 0.0611. The van der Waals surface area contributed by atoms with Crippen molar-refractivity contribution in [1.29, 1.82) is 0 Å². The van der Waals surface area contributed by atoms with Gasteiger partial charge in [-0.15, -0.1) is 0 Å². The van der Waals surface area contributed by atoms with E-state index in [1.54, 1.807) is 0 Å². The van der Waals surface area contributed by atoms with Crippen LogP contribution in [0.1, 0.15) is 34.1 Å². The number of likely N-dealkylation sites (N-methyl/N-ethyl adjacent to an activating group) is 1. The highest BCUT2D eigenvalue weighted by atomic mass is 32.1. The Balaban J connectivity index is 1.55. The van der Waals surface area contributed by atoms with E-state index in [0.29, 0.717) is 18.2 Å². The van der Waals surface area contributed by atoms with Gasteiger partial charge in [-0.05, 0) is 61.6 Å². The number of hydrogen-bond acceptors (Lipinski definition) is 6. The van der Waals surface area contributed by atoms with Gasteiger partial charge in [0.15, 0.2) is 5.11 Å². The fraction of sp³-hybridized carbons (Fsp3) is 0.577. The molecule has 1 amide bonds. The predicted octanol–water partition coefficient (Wildman–Crippen LogP) is 2.89. The molecule has 4 N–H and O–H groups in total. The summed E-state index contributed by atoms with van der Waals surface area (Å²) in [5.74, 6) is 1.19. The number of nitrogens with one attached hydrogen (secondary N) is 2. The van der Waals surface area contributed by atoms with Gasteiger partial charge in [-0.25, -0.2) is 4.98 Å². The van der Waals surface area contributed by atoms with Crippen molar-refractivity contribution in [3.8, 4) is 0 Å². The number of nitrogens with two attached hydrogens (primary N) is 1. The molecular formula is C26H41N7OS. The third-order valence-electron chi connectivity index (χ3n) is 7.00. The fourth-order valence-corrected chi connectivity index (χ4v) is 4.50. The van der Waals surface area contributed by atoms with Gasteiger partial charge < -0.3 is 31.1 Å². The van der Waals surface area contributed by atoms with Gasteiger partial charge in [0.05, 0.1) is 11.6 Å². The molecule has 8 nitrogen and oxygen atoms in total. The van der Waals surface area contributed by atoms with Gasteiger partial charge in [-0.1, -0.05) is 34.1 Å². The van der Waals surface area contributed by atoms with E-state index in [4.69, 9.17) is 22.9 Å². The van der Waals surface area contributed by atoms with Crippen LogP contribution in [0, 0.1) is 5.92 Å². The molecule has 2 atom stereocenters. The van der Waals surface area contributed by atoms with E-state index in [2.05, 4.69) is 59.4 Å². The summed E-state index contributed by atoms with van der Waals surface area (Å²) in [5.41, 5.74) is 8.04. The maximum Gasteiger partial charge on any atom is 0.239 e. The number of amides is 1. The molecule has 3 rings (SSSR count). The largest absolute Gasteiger partial charge is 0.361 e. The molecule has 1 aromatic heterocycles. The van der Waals surface area contributed by atoms with Crippen LogP contribution in [-0.4, -0.2) is 84.2 Å². The minimum Gasteiger partial charge on any atom is -0.361 e. The molecule has 1 saturated heterocycles. The highest BCUT2D eigenvalue weighted by Gasteiger charge is 2.28. The van der Waals surface area contributed by atoms with E-state index >= 15 is 0 Å². The van der Waals surface area contributed by atoms with Crippen LogP contribution in [0.3, 0.4) is 0 Å². The van der Waals surface area contributed by atoms with Crippen molar-refractivity contribution in [1.82, 2.24) is 20.1 Å². The van der Waals surface area contributed by atoms with E-state index in [1.807, 2.05) is 24.0 Å². The van der Waals surface area contributed by atoms with Gasteiger partial charge in [0.1, 0.15) is 5.82 Å². The van der Waals surface area contributed by atoms with Gasteiger partial charge in [0.25, 0.3) is 0 Å². The van der Waals surface area contributed by atoms with Crippen LogP contribution in [0.4, 0.5) is 11.5 Å². The van der Waals surface area contributed by atoms with Crippen LogP contribution in [0.5, 0.6) is 0 Å². The van der Waals surface area contributed by atoms with Gasteiger partial charge in [-0.3, -0.25) is 4.79 Å². The van der Waals surface area contributed by atoms with E-state index in [9.17, 15) is 4.79 Å². The zero-order valence-corrected chi connectivity index (χ0v) is 22.4. The number of rotatable bonds is 10. The summed E-state index contributed by atoms with van der Waals surface area (Å²) in [5, 5.41) is 8.23. The van der Waals surface area contributed by atoms with Gasteiger partial charge in [0.2, 0.25) is 5.91 Å². The minimum atomic E-state index is -0.418. The molecule has 1 aromatic carbocycles. The number of carbonyl (C=O) groups is 1. The number of fused-ring (bicyclic) bond motifs is 1. The van der Waals surface area contributed by atoms with Crippen LogP contribution < -0.4 is 21.3 Å². The van der Waals surface area contributed by atoms with Crippen LogP contribution in [0.2, 0.25) is 0 Å². The summed E-state index contributed by atoms with van der Waals surface area (Å²) in [6.07, 6.45) is 0.907. The van der Waals surface area contributed by atoms with Crippen molar-refractivity contribution in [3.63, 3.8) is 0 Å². The average molecular weight is 500 g/mol. The highest BCUT2D eigenvalue weighted by molar-refractivity contribution is 7.80. The Morgan fingerprint density at radius 1 is 1.14 bits per heavy atom. The van der Waals surface area contributed by atoms with Crippen molar-refractivity contribution >= 4 is 45.6 Å². The number of aromatic nitrogens is 1. The topological polar surface area (TPSA) is 89.8 Å². The lowest BCUT2D eigenvalue weighted by molar-refractivity contribution is -0.134. The first-order valence-electron chi connectivity index (χ1n) is 12.8. The van der Waals surface area contributed by atoms with E-state index in [0.717, 1.165) is 68.1 Å². The Morgan fingerprint density at radius 2 is 1.86 bits per heavy atom. The third-order valence-corrected chi connectivity index (χ3v) is 7.24. The standard InChI is InChI=1S/C26H41N7OS/c1-5-19(4)24(27)25(34)33-16-14-32(15-17-33)23-11-8-20-18-21(9-10-22(20)30-23)29-26(35)28-12-13-31(6-2)7-3/h8-11,18-19,24H,5-7,12-17,27H2,1-4H3,(H2,28,29,35). The Labute approximate surface area is 215 Å². The summed E-state index contributed by atoms with van der Waals surface area (Å²) in [6.45, 7) is 15.2. The number of benzene rings is 1. The van der Waals surface area contributed by atoms with Crippen molar-refractivity contribution in [2.24, 2.45) is 11.7 Å². The summed E-state index contributed by atoms with van der Waals surface area (Å²) >= 11 is 5.46. The number of anilines is 2. The zero-order chi connectivity index (χ0) is 25.4. The second kappa shape index (κ2) is 13.0. The number of pyridine rings is 1. The fourth-order valence-electron chi connectivity index (χ4n) is 4.28. The zero-order valence-electron chi connectivity index (χ0n) is 21.6. The molecule has 9 heteroatoms. The monoisotopic (exact) mass is 499 g/mol. The first-order chi connectivity index (χ1) is 16.9. The Morgan fingerprint density at radius 3 is 2.51 bits per heavy atom. The van der Waals surface area contributed by atoms with Crippen LogP contribution in [-0.2, 0) is 4.79 Å². The molecule has 0 radical (unpaired) electrons. The molecule has 1 fully saturated rings. The third kappa shape index (κ3) is 7.25. The quantitative estimate of drug-likeness (QED) is 0.430. The summed E-state index contributed by atoms with van der Waals surface area (Å²) in [4.78, 5) is 24.0. The SMILES string of the molecule is CCC(C)C(N)C(=O)N1CCN(c2ccc3cc(NC(=S)NCCN(CC)CC)ccc3n2)CC1. The molecule has 192 valence electrons. The molecule has 1 aliphatic heterocycles. The lowest BCUT2D eigenvalue weighted by Crippen LogP contribution is -2.54. The molecule has 2 unspecified atom stereocenters. The lowest BCUT2D eigenvalue weighted by Gasteiger charge is -2.37. The summed E-state index contributed by atoms with van der Waals surface area (Å²) in [6, 6.07) is 9.82. The lowest BCUT2D eigenvalue weighted by atomic mass is 9.98. The van der Waals surface area contributed by atoms with Gasteiger partial charge >= 0.3 is 0 Å². The number of piperazine rings is 1. The van der Waals surface area contributed by atoms with Crippen molar-refractivity contribution in [2.45, 2.75) is 40.2 Å². The van der Waals surface area contributed by atoms with E-state index in [1.165, 1.54) is 0 Å². The number of nitrogens with zero attached hydrogens (tertiary/aromatic N) is 4. The van der Waals surface area contributed by atoms with Crippen molar-refractivity contribution in [2.75, 3.05) is 62.6 Å². The molecule has 2 heterocycles. The summed E-state index contributed by atoms with van der Waals surface area (Å²) < 4.78 is 0. The van der Waals surface area contributed by atoms with Crippen LogP contribution in [0.15, 0.2) is 30.3 Å². The van der Waals surface area contributed by atoms with E-state index < -0.39 is 6.04 Å². The van der Waals surface area contributed by atoms with Gasteiger partial charge in [0, 0.05) is 50.3 Å². The smallest absolute Gasteiger partial charge is 0.239 e. The highest BCUT2D eigenvalue weighted by Crippen LogP contribution is 2.23. The van der Waals surface area contributed by atoms with Crippen LogP contribution in [0.25, 0.3) is 10.9 Å². The molecule has 1 aliphatic rings. The first kappa shape index (κ1) is 27.1. The Hall–Kier alpha value is -2.49. The second-order valence-corrected chi connectivity index (χ2v) is 9.62. The Kier molecular flexibility index (Phi) is 10.1. The molecule has 0 spiro atoms. The van der Waals surface area contributed by atoms with E-state index in [-0.39, 0.29) is 11.8 Å². The first-order valence-corrected chi connectivity index (χ1v) is 13.2. The molecule has 0 saturated carbocycles. The van der Waals surface area contributed by atoms with Crippen molar-refractivity contribution < 1.29 is 4.79 Å². The normalized spacial score (nSPS) is 15.8. The maximum absolute atomic E-state index is 12.7.